The van der Waals surface area contributed by atoms with E-state index in [1.165, 1.54) is 0 Å². The number of hydrogen-bond acceptors (Lipinski definition) is 2. The highest BCUT2D eigenvalue weighted by Gasteiger charge is 2.16. The predicted octanol–water partition coefficient (Wildman–Crippen LogP) is 4.63. The maximum absolute atomic E-state index is 12.8. The predicted molar refractivity (Wildman–Crippen MR) is 97.1 cm³/mol. The smallest absolute Gasteiger partial charge is 0.308 e. The maximum atomic E-state index is 12.8. The SMILES string of the molecule is Cc1cccc(N(Cc2cccnc2)C(=O)Nc2ccccc2)c1. The van der Waals surface area contributed by atoms with Gasteiger partial charge in [-0.1, -0.05) is 36.4 Å². The Morgan fingerprint density at radius 1 is 1.04 bits per heavy atom. The number of urea groups is 1. The molecule has 24 heavy (non-hydrogen) atoms. The van der Waals surface area contributed by atoms with Crippen LogP contribution in [0.25, 0.3) is 0 Å². The third-order valence-electron chi connectivity index (χ3n) is 3.65. The number of hydrogen-bond donors (Lipinski definition) is 1. The van der Waals surface area contributed by atoms with Crippen molar-refractivity contribution in [2.24, 2.45) is 0 Å². The number of rotatable bonds is 4. The summed E-state index contributed by atoms with van der Waals surface area (Å²) >= 11 is 0. The summed E-state index contributed by atoms with van der Waals surface area (Å²) < 4.78 is 0. The molecule has 0 atom stereocenters. The molecule has 0 saturated carbocycles. The monoisotopic (exact) mass is 317 g/mol. The number of anilines is 2. The van der Waals surface area contributed by atoms with Crippen LogP contribution in [0, 0.1) is 6.92 Å². The van der Waals surface area contributed by atoms with E-state index in [2.05, 4.69) is 10.3 Å². The lowest BCUT2D eigenvalue weighted by molar-refractivity contribution is 0.256. The molecule has 1 heterocycles. The number of pyridine rings is 1. The number of carbonyl (C=O) groups is 1. The summed E-state index contributed by atoms with van der Waals surface area (Å²) in [6, 6.07) is 21.0. The molecule has 2 aromatic carbocycles. The third kappa shape index (κ3) is 3.98. The lowest BCUT2D eigenvalue weighted by Crippen LogP contribution is -2.34. The van der Waals surface area contributed by atoms with Gasteiger partial charge in [0.15, 0.2) is 0 Å². The van der Waals surface area contributed by atoms with Gasteiger partial charge in [0.2, 0.25) is 0 Å². The highest BCUT2D eigenvalue weighted by molar-refractivity contribution is 6.01. The van der Waals surface area contributed by atoms with Crippen molar-refractivity contribution >= 4 is 17.4 Å². The maximum Gasteiger partial charge on any atom is 0.326 e. The van der Waals surface area contributed by atoms with E-state index in [0.29, 0.717) is 6.54 Å². The van der Waals surface area contributed by atoms with Crippen molar-refractivity contribution in [3.05, 3.63) is 90.3 Å². The second-order valence-electron chi connectivity index (χ2n) is 5.58. The molecule has 3 rings (SSSR count). The van der Waals surface area contributed by atoms with Gasteiger partial charge in [0, 0.05) is 23.8 Å². The second kappa shape index (κ2) is 7.42. The van der Waals surface area contributed by atoms with Gasteiger partial charge in [0.1, 0.15) is 0 Å². The molecule has 3 aromatic rings. The van der Waals surface area contributed by atoms with Crippen molar-refractivity contribution < 1.29 is 4.79 Å². The van der Waals surface area contributed by atoms with E-state index in [-0.39, 0.29) is 6.03 Å². The number of para-hydroxylation sites is 1. The number of carbonyl (C=O) groups excluding carboxylic acids is 1. The van der Waals surface area contributed by atoms with Crippen molar-refractivity contribution in [1.82, 2.24) is 4.98 Å². The largest absolute Gasteiger partial charge is 0.326 e. The van der Waals surface area contributed by atoms with Gasteiger partial charge in [0.25, 0.3) is 0 Å². The molecule has 120 valence electrons. The Hall–Kier alpha value is -3.14. The fourth-order valence-corrected chi connectivity index (χ4v) is 2.46. The van der Waals surface area contributed by atoms with E-state index < -0.39 is 0 Å². The van der Waals surface area contributed by atoms with Crippen LogP contribution in [0.1, 0.15) is 11.1 Å². The Balaban J connectivity index is 1.87. The normalized spacial score (nSPS) is 10.2. The van der Waals surface area contributed by atoms with Gasteiger partial charge in [-0.2, -0.15) is 0 Å². The average Bonchev–Trinajstić information content (AvgIpc) is 2.61. The minimum atomic E-state index is -0.171. The van der Waals surface area contributed by atoms with Gasteiger partial charge in [0.05, 0.1) is 6.54 Å². The van der Waals surface area contributed by atoms with Crippen LogP contribution in [0.5, 0.6) is 0 Å². The van der Waals surface area contributed by atoms with E-state index in [0.717, 1.165) is 22.5 Å². The van der Waals surface area contributed by atoms with Gasteiger partial charge in [-0.3, -0.25) is 9.88 Å². The molecule has 4 nitrogen and oxygen atoms in total. The van der Waals surface area contributed by atoms with Gasteiger partial charge in [-0.05, 0) is 48.4 Å². The van der Waals surface area contributed by atoms with Gasteiger partial charge in [-0.15, -0.1) is 0 Å². The average molecular weight is 317 g/mol. The molecule has 0 aliphatic heterocycles. The highest BCUT2D eigenvalue weighted by atomic mass is 16.2. The van der Waals surface area contributed by atoms with Crippen LogP contribution in [0.15, 0.2) is 79.1 Å². The molecule has 0 aliphatic rings. The zero-order chi connectivity index (χ0) is 16.8. The van der Waals surface area contributed by atoms with Crippen molar-refractivity contribution in [2.45, 2.75) is 13.5 Å². The van der Waals surface area contributed by atoms with Gasteiger partial charge in [-0.25, -0.2) is 4.79 Å². The molecule has 1 N–H and O–H groups in total. The van der Waals surface area contributed by atoms with E-state index in [1.807, 2.05) is 73.7 Å². The molecule has 0 bridgehead atoms. The Labute approximate surface area is 141 Å². The summed E-state index contributed by atoms with van der Waals surface area (Å²) in [5.74, 6) is 0. The summed E-state index contributed by atoms with van der Waals surface area (Å²) in [6.45, 7) is 2.47. The van der Waals surface area contributed by atoms with Crippen molar-refractivity contribution in [3.8, 4) is 0 Å². The fourth-order valence-electron chi connectivity index (χ4n) is 2.46. The number of nitrogens with one attached hydrogen (secondary N) is 1. The van der Waals surface area contributed by atoms with Crippen LogP contribution < -0.4 is 10.2 Å². The van der Waals surface area contributed by atoms with Crippen LogP contribution in [0.4, 0.5) is 16.2 Å². The van der Waals surface area contributed by atoms with Crippen LogP contribution in [0.3, 0.4) is 0 Å². The molecule has 0 radical (unpaired) electrons. The second-order valence-corrected chi connectivity index (χ2v) is 5.58. The minimum Gasteiger partial charge on any atom is -0.308 e. The number of aromatic nitrogens is 1. The molecule has 0 aliphatic carbocycles. The van der Waals surface area contributed by atoms with Crippen molar-refractivity contribution in [1.29, 1.82) is 0 Å². The highest BCUT2D eigenvalue weighted by Crippen LogP contribution is 2.20. The first-order chi connectivity index (χ1) is 11.7. The zero-order valence-corrected chi connectivity index (χ0v) is 13.5. The van der Waals surface area contributed by atoms with Crippen LogP contribution >= 0.6 is 0 Å². The molecule has 0 spiro atoms. The van der Waals surface area contributed by atoms with Crippen LogP contribution in [0.2, 0.25) is 0 Å². The zero-order valence-electron chi connectivity index (χ0n) is 13.5. The standard InChI is InChI=1S/C20H19N3O/c1-16-7-5-11-19(13-16)23(15-17-8-6-12-21-14-17)20(24)22-18-9-3-2-4-10-18/h2-14H,15H2,1H3,(H,22,24). The molecular weight excluding hydrogens is 298 g/mol. The Morgan fingerprint density at radius 3 is 2.58 bits per heavy atom. The van der Waals surface area contributed by atoms with E-state index in [1.54, 1.807) is 17.3 Å². The Morgan fingerprint density at radius 2 is 1.88 bits per heavy atom. The number of amides is 2. The molecule has 2 amide bonds. The molecule has 0 unspecified atom stereocenters. The fraction of sp³-hybridized carbons (Fsp3) is 0.100. The third-order valence-corrected chi connectivity index (χ3v) is 3.65. The van der Waals surface area contributed by atoms with E-state index in [4.69, 9.17) is 0 Å². The summed E-state index contributed by atoms with van der Waals surface area (Å²) in [5.41, 5.74) is 3.71. The minimum absolute atomic E-state index is 0.171. The van der Waals surface area contributed by atoms with Gasteiger partial charge < -0.3 is 5.32 Å². The van der Waals surface area contributed by atoms with Crippen LogP contribution in [-0.4, -0.2) is 11.0 Å². The van der Waals surface area contributed by atoms with Crippen molar-refractivity contribution in [3.63, 3.8) is 0 Å². The van der Waals surface area contributed by atoms with E-state index >= 15 is 0 Å². The molecule has 1 aromatic heterocycles. The topological polar surface area (TPSA) is 45.2 Å². The Kier molecular flexibility index (Phi) is 4.87. The van der Waals surface area contributed by atoms with E-state index in [9.17, 15) is 4.79 Å². The number of aryl methyl sites for hydroxylation is 1. The number of nitrogens with zero attached hydrogens (tertiary/aromatic N) is 2. The lowest BCUT2D eigenvalue weighted by Gasteiger charge is -2.23. The summed E-state index contributed by atoms with van der Waals surface area (Å²) in [5, 5.41) is 2.95. The summed E-state index contributed by atoms with van der Waals surface area (Å²) in [6.07, 6.45) is 3.50. The number of benzene rings is 2. The van der Waals surface area contributed by atoms with Gasteiger partial charge >= 0.3 is 6.03 Å². The molecule has 4 heteroatoms. The van der Waals surface area contributed by atoms with Crippen molar-refractivity contribution in [2.75, 3.05) is 10.2 Å². The molecule has 0 saturated heterocycles. The molecule has 0 fully saturated rings. The first-order valence-electron chi connectivity index (χ1n) is 7.81. The first kappa shape index (κ1) is 15.7. The molecular formula is C20H19N3O. The van der Waals surface area contributed by atoms with Crippen LogP contribution in [-0.2, 0) is 6.54 Å². The summed E-state index contributed by atoms with van der Waals surface area (Å²) in [7, 11) is 0. The first-order valence-corrected chi connectivity index (χ1v) is 7.81. The Bertz CT molecular complexity index is 803. The summed E-state index contributed by atoms with van der Waals surface area (Å²) in [4.78, 5) is 18.7. The lowest BCUT2D eigenvalue weighted by atomic mass is 10.2. The quantitative estimate of drug-likeness (QED) is 0.762.